The van der Waals surface area contributed by atoms with Crippen molar-refractivity contribution in [3.05, 3.63) is 59.7 Å². The van der Waals surface area contributed by atoms with Gasteiger partial charge in [0.15, 0.2) is 0 Å². The molecule has 0 aromatic heterocycles. The second kappa shape index (κ2) is 10.5. The molecule has 0 aliphatic carbocycles. The molecule has 5 nitrogen and oxygen atoms in total. The molecule has 2 aromatic carbocycles. The molecule has 26 heavy (non-hydrogen) atoms. The van der Waals surface area contributed by atoms with Crippen LogP contribution in [0, 0.1) is 0 Å². The van der Waals surface area contributed by atoms with Crippen LogP contribution in [0.25, 0.3) is 0 Å². The lowest BCUT2D eigenvalue weighted by Gasteiger charge is -2.12. The molecule has 0 saturated heterocycles. The molecule has 0 fully saturated rings. The molecule has 0 bridgehead atoms. The predicted molar refractivity (Wildman–Crippen MR) is 102 cm³/mol. The fourth-order valence-electron chi connectivity index (χ4n) is 2.37. The predicted octanol–water partition coefficient (Wildman–Crippen LogP) is 3.82. The van der Waals surface area contributed by atoms with Crippen molar-refractivity contribution >= 4 is 5.91 Å². The summed E-state index contributed by atoms with van der Waals surface area (Å²) in [4.78, 5) is 12.5. The van der Waals surface area contributed by atoms with E-state index >= 15 is 0 Å². The second-order valence-electron chi connectivity index (χ2n) is 6.03. The zero-order valence-electron chi connectivity index (χ0n) is 15.7. The summed E-state index contributed by atoms with van der Waals surface area (Å²) in [6.07, 6.45) is 0.139. The quantitative estimate of drug-likeness (QED) is 0.657. The van der Waals surface area contributed by atoms with E-state index in [9.17, 15) is 4.79 Å². The van der Waals surface area contributed by atoms with Gasteiger partial charge in [0.05, 0.1) is 18.3 Å². The van der Waals surface area contributed by atoms with Crippen LogP contribution in [0.2, 0.25) is 0 Å². The zero-order chi connectivity index (χ0) is 18.8. The number of hydrogen-bond donors (Lipinski definition) is 1. The molecule has 0 aliphatic heterocycles. The minimum Gasteiger partial charge on any atom is -0.491 e. The zero-order valence-corrected chi connectivity index (χ0v) is 15.7. The Labute approximate surface area is 155 Å². The number of hydrogen-bond acceptors (Lipinski definition) is 4. The number of amides is 1. The van der Waals surface area contributed by atoms with Crippen molar-refractivity contribution in [2.24, 2.45) is 0 Å². The number of carbonyl (C=O) groups is 1. The van der Waals surface area contributed by atoms with Gasteiger partial charge in [-0.05, 0) is 50.6 Å². The van der Waals surface area contributed by atoms with Gasteiger partial charge >= 0.3 is 0 Å². The Morgan fingerprint density at radius 1 is 1.04 bits per heavy atom. The van der Waals surface area contributed by atoms with Crippen LogP contribution in [0.5, 0.6) is 11.5 Å². The molecule has 1 amide bonds. The molecule has 140 valence electrons. The SMILES string of the molecule is CCOCCOc1ccccc1C(=O)NCc1ccc(OC(C)C)cc1. The van der Waals surface area contributed by atoms with Gasteiger partial charge in [-0.25, -0.2) is 0 Å². The molecule has 1 N–H and O–H groups in total. The molecular formula is C21H27NO4. The van der Waals surface area contributed by atoms with Crippen LogP contribution < -0.4 is 14.8 Å². The maximum Gasteiger partial charge on any atom is 0.255 e. The summed E-state index contributed by atoms with van der Waals surface area (Å²) in [7, 11) is 0. The third-order valence-electron chi connectivity index (χ3n) is 3.57. The molecule has 0 atom stereocenters. The minimum atomic E-state index is -0.167. The molecule has 5 heteroatoms. The number of carbonyl (C=O) groups excluding carboxylic acids is 1. The average Bonchev–Trinajstić information content (AvgIpc) is 2.64. The molecule has 2 aromatic rings. The van der Waals surface area contributed by atoms with Gasteiger partial charge in [0.25, 0.3) is 5.91 Å². The summed E-state index contributed by atoms with van der Waals surface area (Å²) in [6.45, 7) is 7.90. The van der Waals surface area contributed by atoms with Crippen LogP contribution in [0.1, 0.15) is 36.7 Å². The largest absolute Gasteiger partial charge is 0.491 e. The summed E-state index contributed by atoms with van der Waals surface area (Å²) in [6, 6.07) is 14.9. The number of benzene rings is 2. The molecular weight excluding hydrogens is 330 g/mol. The Morgan fingerprint density at radius 3 is 2.46 bits per heavy atom. The van der Waals surface area contributed by atoms with Gasteiger partial charge in [0.1, 0.15) is 18.1 Å². The Bertz CT molecular complexity index is 683. The van der Waals surface area contributed by atoms with Crippen LogP contribution in [0.3, 0.4) is 0 Å². The molecule has 0 spiro atoms. The minimum absolute atomic E-state index is 0.139. The standard InChI is InChI=1S/C21H27NO4/c1-4-24-13-14-25-20-8-6-5-7-19(20)21(23)22-15-17-9-11-18(12-10-17)26-16(2)3/h5-12,16H,4,13-15H2,1-3H3,(H,22,23). The van der Waals surface area contributed by atoms with Crippen molar-refractivity contribution in [1.82, 2.24) is 5.32 Å². The fourth-order valence-corrected chi connectivity index (χ4v) is 2.37. The lowest BCUT2D eigenvalue weighted by Crippen LogP contribution is -2.23. The highest BCUT2D eigenvalue weighted by Gasteiger charge is 2.12. The van der Waals surface area contributed by atoms with Gasteiger partial charge in [-0.2, -0.15) is 0 Å². The molecule has 0 unspecified atom stereocenters. The van der Waals surface area contributed by atoms with Crippen LogP contribution in [-0.4, -0.2) is 31.8 Å². The van der Waals surface area contributed by atoms with E-state index in [-0.39, 0.29) is 12.0 Å². The monoisotopic (exact) mass is 357 g/mol. The summed E-state index contributed by atoms with van der Waals surface area (Å²) < 4.78 is 16.5. The van der Waals surface area contributed by atoms with Crippen molar-refractivity contribution in [2.75, 3.05) is 19.8 Å². The molecule has 0 saturated carbocycles. The van der Waals surface area contributed by atoms with E-state index in [1.807, 2.05) is 57.2 Å². The number of ether oxygens (including phenoxy) is 3. The molecule has 2 rings (SSSR count). The normalized spacial score (nSPS) is 10.6. The van der Waals surface area contributed by atoms with Gasteiger partial charge < -0.3 is 19.5 Å². The summed E-state index contributed by atoms with van der Waals surface area (Å²) in [5, 5.41) is 2.93. The topological polar surface area (TPSA) is 56.8 Å². The van der Waals surface area contributed by atoms with Crippen LogP contribution in [0.15, 0.2) is 48.5 Å². The van der Waals surface area contributed by atoms with E-state index < -0.39 is 0 Å². The highest BCUT2D eigenvalue weighted by atomic mass is 16.5. The maximum absolute atomic E-state index is 12.5. The van der Waals surface area contributed by atoms with Gasteiger partial charge in [0.2, 0.25) is 0 Å². The molecule has 0 radical (unpaired) electrons. The van der Waals surface area contributed by atoms with Gasteiger partial charge in [-0.1, -0.05) is 24.3 Å². The van der Waals surface area contributed by atoms with E-state index in [2.05, 4.69) is 5.32 Å². The number of rotatable bonds is 10. The van der Waals surface area contributed by atoms with Crippen molar-refractivity contribution in [3.63, 3.8) is 0 Å². The van der Waals surface area contributed by atoms with Crippen molar-refractivity contribution in [1.29, 1.82) is 0 Å². The summed E-state index contributed by atoms with van der Waals surface area (Å²) in [5.41, 5.74) is 1.52. The first kappa shape index (κ1) is 19.8. The third kappa shape index (κ3) is 6.41. The van der Waals surface area contributed by atoms with Crippen molar-refractivity contribution < 1.29 is 19.0 Å². The third-order valence-corrected chi connectivity index (χ3v) is 3.57. The molecule has 0 heterocycles. The Kier molecular flexibility index (Phi) is 7.96. The number of nitrogens with one attached hydrogen (secondary N) is 1. The van der Waals surface area contributed by atoms with E-state index in [0.717, 1.165) is 11.3 Å². The fraction of sp³-hybridized carbons (Fsp3) is 0.381. The number of para-hydroxylation sites is 1. The summed E-state index contributed by atoms with van der Waals surface area (Å²) in [5.74, 6) is 1.22. The van der Waals surface area contributed by atoms with E-state index in [4.69, 9.17) is 14.2 Å². The first-order valence-corrected chi connectivity index (χ1v) is 8.93. The Hall–Kier alpha value is -2.53. The Balaban J connectivity index is 1.91. The highest BCUT2D eigenvalue weighted by Crippen LogP contribution is 2.18. The van der Waals surface area contributed by atoms with Crippen molar-refractivity contribution in [3.8, 4) is 11.5 Å². The maximum atomic E-state index is 12.5. The van der Waals surface area contributed by atoms with E-state index in [1.54, 1.807) is 12.1 Å². The van der Waals surface area contributed by atoms with Gasteiger partial charge in [-0.15, -0.1) is 0 Å². The van der Waals surface area contributed by atoms with Gasteiger partial charge in [0, 0.05) is 13.2 Å². The van der Waals surface area contributed by atoms with Gasteiger partial charge in [-0.3, -0.25) is 4.79 Å². The Morgan fingerprint density at radius 2 is 1.77 bits per heavy atom. The van der Waals surface area contributed by atoms with E-state index in [0.29, 0.717) is 37.7 Å². The highest BCUT2D eigenvalue weighted by molar-refractivity contribution is 5.96. The van der Waals surface area contributed by atoms with E-state index in [1.165, 1.54) is 0 Å². The second-order valence-corrected chi connectivity index (χ2v) is 6.03. The van der Waals surface area contributed by atoms with Crippen LogP contribution >= 0.6 is 0 Å². The smallest absolute Gasteiger partial charge is 0.255 e. The first-order chi connectivity index (χ1) is 12.6. The lowest BCUT2D eigenvalue weighted by molar-refractivity contribution is 0.0934. The average molecular weight is 357 g/mol. The summed E-state index contributed by atoms with van der Waals surface area (Å²) >= 11 is 0. The van der Waals surface area contributed by atoms with Crippen molar-refractivity contribution in [2.45, 2.75) is 33.4 Å². The van der Waals surface area contributed by atoms with Crippen LogP contribution in [0.4, 0.5) is 0 Å². The lowest BCUT2D eigenvalue weighted by atomic mass is 10.1. The van der Waals surface area contributed by atoms with Crippen LogP contribution in [-0.2, 0) is 11.3 Å². The first-order valence-electron chi connectivity index (χ1n) is 8.93. The molecule has 0 aliphatic rings.